The molecule has 0 aliphatic heterocycles. The fraction of sp³-hybridized carbons (Fsp3) is 0.407. The van der Waals surface area contributed by atoms with Crippen molar-refractivity contribution in [3.8, 4) is 0 Å². The quantitative estimate of drug-likeness (QED) is 0.251. The van der Waals surface area contributed by atoms with Crippen LogP contribution >= 0.6 is 0 Å². The number of hydrogen-bond acceptors (Lipinski definition) is 10. The van der Waals surface area contributed by atoms with Gasteiger partial charge in [-0.05, 0) is 63.3 Å². The molecule has 3 aromatic rings. The Morgan fingerprint density at radius 1 is 1.20 bits per heavy atom. The van der Waals surface area contributed by atoms with Crippen molar-refractivity contribution in [2.45, 2.75) is 59.0 Å². The number of rotatable bonds is 10. The van der Waals surface area contributed by atoms with Gasteiger partial charge >= 0.3 is 12.1 Å². The molecule has 4 N–H and O–H groups in total. The van der Waals surface area contributed by atoms with E-state index in [-0.39, 0.29) is 24.1 Å². The normalized spacial score (nSPS) is 13.4. The summed E-state index contributed by atoms with van der Waals surface area (Å²) in [5.41, 5.74) is 8.90. The van der Waals surface area contributed by atoms with Crippen molar-refractivity contribution in [1.29, 1.82) is 0 Å². The summed E-state index contributed by atoms with van der Waals surface area (Å²) in [6.45, 7) is 6.38. The fourth-order valence-corrected chi connectivity index (χ4v) is 3.99. The zero-order valence-corrected chi connectivity index (χ0v) is 22.9. The van der Waals surface area contributed by atoms with Crippen molar-refractivity contribution in [1.82, 2.24) is 24.8 Å². The smallest absolute Gasteiger partial charge is 0.419 e. The Balaban J connectivity index is 1.55. The summed E-state index contributed by atoms with van der Waals surface area (Å²) < 4.78 is 11.3. The first-order valence-corrected chi connectivity index (χ1v) is 13.0. The molecular weight excluding hydrogens is 518 g/mol. The average Bonchev–Trinajstić information content (AvgIpc) is 3.67. The van der Waals surface area contributed by atoms with Gasteiger partial charge < -0.3 is 25.8 Å². The second kappa shape index (κ2) is 12.1. The molecule has 1 atom stereocenters. The molecule has 13 heteroatoms. The second-order valence-corrected chi connectivity index (χ2v) is 9.71. The van der Waals surface area contributed by atoms with Gasteiger partial charge in [0.2, 0.25) is 6.79 Å². The number of aromatic nitrogens is 3. The molecule has 1 fully saturated rings. The molecule has 0 bridgehead atoms. The van der Waals surface area contributed by atoms with Crippen molar-refractivity contribution >= 4 is 40.9 Å². The first-order chi connectivity index (χ1) is 19.1. The van der Waals surface area contributed by atoms with E-state index in [4.69, 9.17) is 15.2 Å². The largest absolute Gasteiger partial charge is 0.427 e. The maximum atomic E-state index is 13.3. The summed E-state index contributed by atoms with van der Waals surface area (Å²) >= 11 is 0. The third kappa shape index (κ3) is 6.37. The fourth-order valence-electron chi connectivity index (χ4n) is 3.99. The van der Waals surface area contributed by atoms with Crippen molar-refractivity contribution < 1.29 is 28.7 Å². The monoisotopic (exact) mass is 551 g/mol. The van der Waals surface area contributed by atoms with E-state index in [1.807, 2.05) is 20.8 Å². The molecule has 1 aliphatic rings. The van der Waals surface area contributed by atoms with Gasteiger partial charge in [0.1, 0.15) is 17.9 Å². The van der Waals surface area contributed by atoms with E-state index >= 15 is 0 Å². The van der Waals surface area contributed by atoms with Gasteiger partial charge in [0.15, 0.2) is 5.82 Å². The number of fused-ring (bicyclic) bond motifs is 1. The number of benzene rings is 1. The van der Waals surface area contributed by atoms with Gasteiger partial charge in [-0.25, -0.2) is 19.2 Å². The summed E-state index contributed by atoms with van der Waals surface area (Å²) in [6.07, 6.45) is 4.54. The number of nitrogens with one attached hydrogen (secondary N) is 2. The Morgan fingerprint density at radius 2 is 1.95 bits per heavy atom. The molecule has 0 saturated heterocycles. The predicted octanol–water partition coefficient (Wildman–Crippen LogP) is 2.82. The molecule has 3 amide bonds. The van der Waals surface area contributed by atoms with Crippen LogP contribution in [0.1, 0.15) is 65.0 Å². The molecule has 40 heavy (non-hydrogen) atoms. The third-order valence-corrected chi connectivity index (χ3v) is 6.39. The minimum atomic E-state index is -0.947. The van der Waals surface area contributed by atoms with Gasteiger partial charge in [-0.15, -0.1) is 0 Å². The van der Waals surface area contributed by atoms with Crippen LogP contribution in [0.25, 0.3) is 5.52 Å². The number of aryl methyl sites for hydroxylation is 2. The lowest BCUT2D eigenvalue weighted by Gasteiger charge is -2.20. The molecule has 0 spiro atoms. The first kappa shape index (κ1) is 28.5. The van der Waals surface area contributed by atoms with Crippen molar-refractivity contribution in [2.75, 3.05) is 18.7 Å². The molecule has 1 aliphatic carbocycles. The van der Waals surface area contributed by atoms with Gasteiger partial charge in [0.25, 0.3) is 11.8 Å². The maximum absolute atomic E-state index is 13.3. The lowest BCUT2D eigenvalue weighted by atomic mass is 10.1. The Hall–Kier alpha value is -4.52. The van der Waals surface area contributed by atoms with E-state index in [0.717, 1.165) is 23.3 Å². The van der Waals surface area contributed by atoms with E-state index in [1.54, 1.807) is 28.9 Å². The number of nitrogens with zero attached hydrogens (tertiary/aromatic N) is 4. The van der Waals surface area contributed by atoms with Crippen LogP contribution in [-0.4, -0.2) is 68.8 Å². The van der Waals surface area contributed by atoms with E-state index in [0.29, 0.717) is 34.6 Å². The number of nitrogens with two attached hydrogens (primary N) is 1. The summed E-state index contributed by atoms with van der Waals surface area (Å²) in [5, 5.41) is 10.5. The molecule has 2 aromatic heterocycles. The SMILES string of the molecule is CCCN(C(=O)OCOC(=O)C(C)N)C(=O)c1ccc(C)c(Nc2ncnn3cc(C(=O)NC4CC4)c(C)c23)c1. The molecule has 13 nitrogen and oxygen atoms in total. The summed E-state index contributed by atoms with van der Waals surface area (Å²) in [7, 11) is 0. The summed E-state index contributed by atoms with van der Waals surface area (Å²) in [6, 6.07) is 4.31. The number of hydrogen-bond donors (Lipinski definition) is 3. The van der Waals surface area contributed by atoms with Crippen molar-refractivity contribution in [2.24, 2.45) is 5.73 Å². The summed E-state index contributed by atoms with van der Waals surface area (Å²) in [4.78, 5) is 55.6. The van der Waals surface area contributed by atoms with Crippen LogP contribution in [0.4, 0.5) is 16.3 Å². The predicted molar refractivity (Wildman–Crippen MR) is 145 cm³/mol. The van der Waals surface area contributed by atoms with Gasteiger partial charge in [-0.1, -0.05) is 13.0 Å². The standard InChI is InChI=1S/C27H33N7O6/c1-5-10-33(27(38)40-14-39-26(37)17(4)28)25(36)18-7-6-15(2)21(11-18)32-23-22-16(3)20(12-34(22)30-13-29-23)24(35)31-19-8-9-19/h6-7,11-13,17,19H,5,8-10,14,28H2,1-4H3,(H,31,35)(H,29,30,32). The average molecular weight is 552 g/mol. The van der Waals surface area contributed by atoms with E-state index in [9.17, 15) is 19.2 Å². The molecular formula is C27H33N7O6. The number of esters is 1. The lowest BCUT2D eigenvalue weighted by Crippen LogP contribution is -2.39. The van der Waals surface area contributed by atoms with E-state index < -0.39 is 30.8 Å². The first-order valence-electron chi connectivity index (χ1n) is 13.0. The van der Waals surface area contributed by atoms with Crippen LogP contribution in [0, 0.1) is 13.8 Å². The molecule has 0 radical (unpaired) electrons. The van der Waals surface area contributed by atoms with Gasteiger partial charge in [0, 0.05) is 30.0 Å². The molecule has 2 heterocycles. The second-order valence-electron chi connectivity index (χ2n) is 9.71. The number of anilines is 2. The zero-order chi connectivity index (χ0) is 29.0. The van der Waals surface area contributed by atoms with Crippen LogP contribution in [-0.2, 0) is 14.3 Å². The highest BCUT2D eigenvalue weighted by molar-refractivity contribution is 6.04. The molecule has 1 aromatic carbocycles. The van der Waals surface area contributed by atoms with Crippen LogP contribution in [0.15, 0.2) is 30.7 Å². The minimum Gasteiger partial charge on any atom is -0.427 e. The molecule has 4 rings (SSSR count). The number of imide groups is 1. The van der Waals surface area contributed by atoms with Crippen LogP contribution in [0.2, 0.25) is 0 Å². The number of carbonyl (C=O) groups excluding carboxylic acids is 4. The van der Waals surface area contributed by atoms with Gasteiger partial charge in [0.05, 0.1) is 5.56 Å². The number of carbonyl (C=O) groups is 4. The van der Waals surface area contributed by atoms with Gasteiger partial charge in [-0.3, -0.25) is 14.4 Å². The number of ether oxygens (including phenoxy) is 2. The zero-order valence-electron chi connectivity index (χ0n) is 22.9. The summed E-state index contributed by atoms with van der Waals surface area (Å²) in [5.74, 6) is -1.02. The minimum absolute atomic E-state index is 0.0944. The van der Waals surface area contributed by atoms with Crippen LogP contribution in [0.3, 0.4) is 0 Å². The highest BCUT2D eigenvalue weighted by Crippen LogP contribution is 2.28. The number of amides is 3. The van der Waals surface area contributed by atoms with Crippen LogP contribution < -0.4 is 16.4 Å². The van der Waals surface area contributed by atoms with E-state index in [1.165, 1.54) is 13.3 Å². The third-order valence-electron chi connectivity index (χ3n) is 6.39. The van der Waals surface area contributed by atoms with Gasteiger partial charge in [-0.2, -0.15) is 5.10 Å². The molecule has 1 unspecified atom stereocenters. The maximum Gasteiger partial charge on any atom is 0.419 e. The van der Waals surface area contributed by atoms with Crippen molar-refractivity contribution in [3.05, 3.63) is 53.0 Å². The highest BCUT2D eigenvalue weighted by atomic mass is 16.7. The Morgan fingerprint density at radius 3 is 2.62 bits per heavy atom. The Labute approximate surface area is 231 Å². The lowest BCUT2D eigenvalue weighted by molar-refractivity contribution is -0.153. The van der Waals surface area contributed by atoms with Crippen LogP contribution in [0.5, 0.6) is 0 Å². The molecule has 1 saturated carbocycles. The topological polar surface area (TPSA) is 170 Å². The molecule has 212 valence electrons. The van der Waals surface area contributed by atoms with Crippen molar-refractivity contribution in [3.63, 3.8) is 0 Å². The highest BCUT2D eigenvalue weighted by Gasteiger charge is 2.27. The Bertz CT molecular complexity index is 1450. The van der Waals surface area contributed by atoms with E-state index in [2.05, 4.69) is 20.7 Å². The Kier molecular flexibility index (Phi) is 8.63.